The van der Waals surface area contributed by atoms with Crippen molar-refractivity contribution in [1.82, 2.24) is 14.5 Å². The van der Waals surface area contributed by atoms with Gasteiger partial charge in [-0.15, -0.1) is 4.40 Å². The minimum absolute atomic E-state index is 0.0516. The Morgan fingerprint density at radius 1 is 1.25 bits per heavy atom. The van der Waals surface area contributed by atoms with E-state index in [1.54, 1.807) is 61.3 Å². The molecule has 0 aliphatic rings. The molecule has 0 fully saturated rings. The fourth-order valence-electron chi connectivity index (χ4n) is 2.95. The summed E-state index contributed by atoms with van der Waals surface area (Å²) in [5.41, 5.74) is 1.90. The van der Waals surface area contributed by atoms with Gasteiger partial charge >= 0.3 is 0 Å². The average Bonchev–Trinajstić information content (AvgIpc) is 3.06. The number of aryl methyl sites for hydroxylation is 2. The highest BCUT2D eigenvalue weighted by Crippen LogP contribution is 2.31. The largest absolute Gasteiger partial charge is 0.368 e. The van der Waals surface area contributed by atoms with Crippen LogP contribution in [0.5, 0.6) is 0 Å². The third kappa shape index (κ3) is 5.54. The number of aromatic nitrogens is 2. The molecule has 1 aromatic heterocycles. The molecule has 3 rings (SSSR count). The van der Waals surface area contributed by atoms with Gasteiger partial charge in [-0.1, -0.05) is 29.8 Å². The predicted molar refractivity (Wildman–Crippen MR) is 127 cm³/mol. The van der Waals surface area contributed by atoms with E-state index in [-0.39, 0.29) is 17.2 Å². The minimum atomic E-state index is -4.06. The van der Waals surface area contributed by atoms with E-state index >= 15 is 0 Å². The number of nitrogens with zero attached hydrogens (tertiary/aromatic N) is 4. The number of carbonyl (C=O) groups excluding carboxylic acids is 1. The molecule has 0 saturated carbocycles. The molecular weight excluding hydrogens is 450 g/mol. The predicted octanol–water partition coefficient (Wildman–Crippen LogP) is 3.51. The number of amides is 1. The van der Waals surface area contributed by atoms with Crippen LogP contribution in [-0.4, -0.2) is 49.2 Å². The van der Waals surface area contributed by atoms with Crippen LogP contribution >= 0.6 is 11.6 Å². The molecule has 0 aliphatic heterocycles. The van der Waals surface area contributed by atoms with E-state index in [1.165, 1.54) is 17.3 Å². The molecule has 0 atom stereocenters. The standard InChI is InChI=1S/C22H24ClN5O3S/c1-15-25-20(13-28(15)4)18-10-9-17(12-21(18)32(30,31)24-14-27(2)3)26-22(29)11-16-7-5-6-8-19(16)23/h5-10,12-14H,11H2,1-4H3,(H,26,29). The first-order chi connectivity index (χ1) is 15.1. The number of halogens is 1. The maximum atomic E-state index is 13.0. The maximum absolute atomic E-state index is 13.0. The topological polar surface area (TPSA) is 96.7 Å². The molecule has 0 bridgehead atoms. The lowest BCUT2D eigenvalue weighted by molar-refractivity contribution is -0.115. The SMILES string of the molecule is Cc1nc(-c2ccc(NC(=O)Cc3ccccc3Cl)cc2S(=O)(=O)N=CN(C)C)cn1C. The number of carbonyl (C=O) groups is 1. The third-order valence-electron chi connectivity index (χ3n) is 4.65. The molecule has 168 valence electrons. The normalized spacial score (nSPS) is 11.7. The molecule has 2 aromatic carbocycles. The Balaban J connectivity index is 1.99. The van der Waals surface area contributed by atoms with Gasteiger partial charge in [-0.2, -0.15) is 8.42 Å². The molecular formula is C22H24ClN5O3S. The highest BCUT2D eigenvalue weighted by molar-refractivity contribution is 7.90. The van der Waals surface area contributed by atoms with Crippen molar-refractivity contribution in [1.29, 1.82) is 0 Å². The zero-order valence-corrected chi connectivity index (χ0v) is 19.8. The summed E-state index contributed by atoms with van der Waals surface area (Å²) < 4.78 is 31.6. The van der Waals surface area contributed by atoms with Crippen LogP contribution in [0.3, 0.4) is 0 Å². The number of nitrogens with one attached hydrogen (secondary N) is 1. The van der Waals surface area contributed by atoms with Crippen LogP contribution in [0.4, 0.5) is 5.69 Å². The van der Waals surface area contributed by atoms with Crippen molar-refractivity contribution in [2.24, 2.45) is 11.4 Å². The lowest BCUT2D eigenvalue weighted by Crippen LogP contribution is -2.15. The fraction of sp³-hybridized carbons (Fsp3) is 0.227. The quantitative estimate of drug-likeness (QED) is 0.418. The number of hydrogen-bond donors (Lipinski definition) is 1. The Morgan fingerprint density at radius 3 is 2.59 bits per heavy atom. The van der Waals surface area contributed by atoms with Crippen molar-refractivity contribution in [3.8, 4) is 11.3 Å². The van der Waals surface area contributed by atoms with Gasteiger partial charge < -0.3 is 14.8 Å². The molecule has 0 radical (unpaired) electrons. The molecule has 10 heteroatoms. The van der Waals surface area contributed by atoms with Crippen molar-refractivity contribution < 1.29 is 13.2 Å². The van der Waals surface area contributed by atoms with Crippen LogP contribution in [0.25, 0.3) is 11.3 Å². The van der Waals surface area contributed by atoms with Gasteiger partial charge in [0, 0.05) is 43.6 Å². The summed E-state index contributed by atoms with van der Waals surface area (Å²) in [6, 6.07) is 11.7. The highest BCUT2D eigenvalue weighted by atomic mass is 35.5. The summed E-state index contributed by atoms with van der Waals surface area (Å²) in [6.07, 6.45) is 3.02. The number of imidazole rings is 1. The number of benzene rings is 2. The second kappa shape index (κ2) is 9.54. The van der Waals surface area contributed by atoms with E-state index in [9.17, 15) is 13.2 Å². The lowest BCUT2D eigenvalue weighted by atomic mass is 10.1. The first-order valence-electron chi connectivity index (χ1n) is 9.71. The van der Waals surface area contributed by atoms with E-state index in [0.29, 0.717) is 27.5 Å². The summed E-state index contributed by atoms with van der Waals surface area (Å²) in [4.78, 5) is 18.5. The third-order valence-corrected chi connectivity index (χ3v) is 6.29. The molecule has 1 N–H and O–H groups in total. The van der Waals surface area contributed by atoms with Crippen LogP contribution in [0, 0.1) is 6.92 Å². The van der Waals surface area contributed by atoms with E-state index in [0.717, 1.165) is 5.82 Å². The van der Waals surface area contributed by atoms with Gasteiger partial charge in [0.15, 0.2) is 0 Å². The highest BCUT2D eigenvalue weighted by Gasteiger charge is 2.22. The Bertz CT molecular complexity index is 1260. The molecule has 0 spiro atoms. The molecule has 32 heavy (non-hydrogen) atoms. The Hall–Kier alpha value is -3.17. The van der Waals surface area contributed by atoms with Crippen molar-refractivity contribution in [2.75, 3.05) is 19.4 Å². The van der Waals surface area contributed by atoms with Gasteiger partial charge in [0.2, 0.25) is 5.91 Å². The average molecular weight is 474 g/mol. The summed E-state index contributed by atoms with van der Waals surface area (Å²) in [5.74, 6) is 0.414. The Morgan fingerprint density at radius 2 is 1.97 bits per heavy atom. The first-order valence-corrected chi connectivity index (χ1v) is 11.5. The first kappa shape index (κ1) is 23.5. The van der Waals surface area contributed by atoms with Crippen molar-refractivity contribution in [3.63, 3.8) is 0 Å². The van der Waals surface area contributed by atoms with Crippen LogP contribution < -0.4 is 5.32 Å². The summed E-state index contributed by atoms with van der Waals surface area (Å²) >= 11 is 6.13. The van der Waals surface area contributed by atoms with Gasteiger partial charge in [-0.3, -0.25) is 4.79 Å². The van der Waals surface area contributed by atoms with Crippen LogP contribution in [-0.2, 0) is 28.3 Å². The van der Waals surface area contributed by atoms with Crippen molar-refractivity contribution in [3.05, 3.63) is 65.1 Å². The summed E-state index contributed by atoms with van der Waals surface area (Å²) in [5, 5.41) is 3.23. The number of sulfonamides is 1. The van der Waals surface area contributed by atoms with Gasteiger partial charge in [-0.25, -0.2) is 4.98 Å². The zero-order valence-electron chi connectivity index (χ0n) is 18.2. The van der Waals surface area contributed by atoms with Crippen molar-refractivity contribution >= 4 is 39.6 Å². The Labute approximate surface area is 192 Å². The Kier molecular flexibility index (Phi) is 7.00. The van der Waals surface area contributed by atoms with Crippen LogP contribution in [0.2, 0.25) is 5.02 Å². The van der Waals surface area contributed by atoms with E-state index in [1.807, 2.05) is 14.0 Å². The molecule has 0 saturated heterocycles. The molecule has 1 heterocycles. The van der Waals surface area contributed by atoms with E-state index in [2.05, 4.69) is 14.7 Å². The number of rotatable bonds is 7. The van der Waals surface area contributed by atoms with Crippen molar-refractivity contribution in [2.45, 2.75) is 18.2 Å². The summed E-state index contributed by atoms with van der Waals surface area (Å²) in [7, 11) is 1.12. The number of anilines is 1. The molecule has 0 unspecified atom stereocenters. The number of hydrogen-bond acceptors (Lipinski definition) is 4. The smallest absolute Gasteiger partial charge is 0.284 e. The van der Waals surface area contributed by atoms with E-state index in [4.69, 9.17) is 11.6 Å². The van der Waals surface area contributed by atoms with Gasteiger partial charge in [0.05, 0.1) is 12.1 Å². The van der Waals surface area contributed by atoms with Gasteiger partial charge in [0.1, 0.15) is 17.1 Å². The van der Waals surface area contributed by atoms with Crippen LogP contribution in [0.1, 0.15) is 11.4 Å². The zero-order chi connectivity index (χ0) is 23.5. The monoisotopic (exact) mass is 473 g/mol. The molecule has 8 nitrogen and oxygen atoms in total. The summed E-state index contributed by atoms with van der Waals surface area (Å²) in [6.45, 7) is 1.82. The molecule has 1 amide bonds. The molecule has 0 aliphatic carbocycles. The second-order valence-electron chi connectivity index (χ2n) is 7.47. The maximum Gasteiger partial charge on any atom is 0.284 e. The second-order valence-corrected chi connectivity index (χ2v) is 9.48. The minimum Gasteiger partial charge on any atom is -0.368 e. The fourth-order valence-corrected chi connectivity index (χ4v) is 4.30. The van der Waals surface area contributed by atoms with Gasteiger partial charge in [-0.05, 0) is 36.8 Å². The molecule has 3 aromatic rings. The lowest BCUT2D eigenvalue weighted by Gasteiger charge is -2.11. The van der Waals surface area contributed by atoms with Crippen LogP contribution in [0.15, 0.2) is 58.0 Å². The van der Waals surface area contributed by atoms with Gasteiger partial charge in [0.25, 0.3) is 10.0 Å². The van der Waals surface area contributed by atoms with E-state index < -0.39 is 10.0 Å².